The number of rotatable bonds is 3. The van der Waals surface area contributed by atoms with E-state index >= 15 is 0 Å². The van der Waals surface area contributed by atoms with Gasteiger partial charge in [-0.25, -0.2) is 4.79 Å². The largest absolute Gasteiger partial charge is 0.504 e. The highest BCUT2D eigenvalue weighted by Crippen LogP contribution is 2.27. The molecule has 4 amide bonds. The van der Waals surface area contributed by atoms with Crippen LogP contribution in [0.5, 0.6) is 11.5 Å². The number of amides is 4. The van der Waals surface area contributed by atoms with E-state index in [2.05, 4.69) is 0 Å². The van der Waals surface area contributed by atoms with Gasteiger partial charge in [0.25, 0.3) is 0 Å². The molecule has 1 aromatic rings. The molecule has 0 aromatic heterocycles. The van der Waals surface area contributed by atoms with Gasteiger partial charge in [-0.1, -0.05) is 6.07 Å². The molecule has 0 spiro atoms. The highest BCUT2D eigenvalue weighted by Gasteiger charge is 2.34. The number of carbonyl (C=O) groups excluding carboxylic acids is 3. The quantitative estimate of drug-likeness (QED) is 0.662. The molecule has 19 heavy (non-hydrogen) atoms. The molecule has 1 heterocycles. The number of barbiturate groups is 1. The lowest BCUT2D eigenvalue weighted by Crippen LogP contribution is -2.56. The number of benzene rings is 1. The van der Waals surface area contributed by atoms with E-state index in [1.165, 1.54) is 19.2 Å². The Morgan fingerprint density at radius 1 is 1.21 bits per heavy atom. The van der Waals surface area contributed by atoms with Crippen LogP contribution in [0.4, 0.5) is 4.79 Å². The number of imide groups is 2. The Bertz CT molecular complexity index is 535. The smallest absolute Gasteiger partial charge is 0.328 e. The standard InChI is InChI=1S/C12H12N2O5/c1-19-9-5-6(2-3-8(9)15)4-7-10(16)13-12(18)14-11(7)17/h2-3,5,7,15H,4H2,1H3,(H2,13,14,16,17,18). The van der Waals surface area contributed by atoms with Crippen LogP contribution in [0.1, 0.15) is 5.56 Å². The van der Waals surface area contributed by atoms with Crippen LogP contribution in [0.15, 0.2) is 18.2 Å². The predicted molar refractivity (Wildman–Crippen MR) is 63.5 cm³/mol. The molecule has 0 aliphatic carbocycles. The Morgan fingerprint density at radius 2 is 1.84 bits per heavy atom. The Balaban J connectivity index is 2.18. The van der Waals surface area contributed by atoms with Crippen LogP contribution in [-0.2, 0) is 16.0 Å². The van der Waals surface area contributed by atoms with Crippen molar-refractivity contribution in [3.8, 4) is 11.5 Å². The number of nitrogens with one attached hydrogen (secondary N) is 2. The molecule has 3 N–H and O–H groups in total. The first kappa shape index (κ1) is 12.9. The first-order valence-corrected chi connectivity index (χ1v) is 5.53. The molecule has 7 nitrogen and oxygen atoms in total. The summed E-state index contributed by atoms with van der Waals surface area (Å²) >= 11 is 0. The van der Waals surface area contributed by atoms with Crippen molar-refractivity contribution >= 4 is 17.8 Å². The fourth-order valence-electron chi connectivity index (χ4n) is 1.82. The molecule has 7 heteroatoms. The summed E-state index contributed by atoms with van der Waals surface area (Å²) in [5, 5.41) is 13.5. The second kappa shape index (κ2) is 4.97. The summed E-state index contributed by atoms with van der Waals surface area (Å²) in [7, 11) is 1.40. The molecular formula is C12H12N2O5. The fourth-order valence-corrected chi connectivity index (χ4v) is 1.82. The molecule has 1 aromatic carbocycles. The molecule has 1 saturated heterocycles. The summed E-state index contributed by atoms with van der Waals surface area (Å²) < 4.78 is 4.94. The van der Waals surface area contributed by atoms with Crippen LogP contribution in [0.2, 0.25) is 0 Å². The lowest BCUT2D eigenvalue weighted by Gasteiger charge is -2.20. The second-order valence-electron chi connectivity index (χ2n) is 4.07. The van der Waals surface area contributed by atoms with Gasteiger partial charge in [0.05, 0.1) is 7.11 Å². The molecular weight excluding hydrogens is 252 g/mol. The van der Waals surface area contributed by atoms with E-state index in [9.17, 15) is 19.5 Å². The lowest BCUT2D eigenvalue weighted by molar-refractivity contribution is -0.135. The van der Waals surface area contributed by atoms with E-state index in [1.807, 2.05) is 10.6 Å². The maximum absolute atomic E-state index is 11.6. The summed E-state index contributed by atoms with van der Waals surface area (Å²) in [6.07, 6.45) is 0.113. The zero-order valence-electron chi connectivity index (χ0n) is 10.1. The fraction of sp³-hybridized carbons (Fsp3) is 0.250. The van der Waals surface area contributed by atoms with Crippen LogP contribution in [0.25, 0.3) is 0 Å². The Kier molecular flexibility index (Phi) is 3.37. The summed E-state index contributed by atoms with van der Waals surface area (Å²) in [5.74, 6) is -2.03. The summed E-state index contributed by atoms with van der Waals surface area (Å²) in [4.78, 5) is 34.0. The number of ether oxygens (including phenoxy) is 1. The van der Waals surface area contributed by atoms with Crippen LogP contribution in [0.3, 0.4) is 0 Å². The lowest BCUT2D eigenvalue weighted by atomic mass is 9.96. The zero-order chi connectivity index (χ0) is 14.0. The third kappa shape index (κ3) is 2.65. The van der Waals surface area contributed by atoms with Crippen molar-refractivity contribution in [1.82, 2.24) is 10.6 Å². The Hall–Kier alpha value is -2.57. The predicted octanol–water partition coefficient (Wildman–Crippen LogP) is -0.0745. The Labute approximate surface area is 108 Å². The van der Waals surface area contributed by atoms with Crippen molar-refractivity contribution in [2.45, 2.75) is 6.42 Å². The number of phenolic OH excluding ortho intramolecular Hbond substituents is 1. The van der Waals surface area contributed by atoms with E-state index in [1.54, 1.807) is 6.07 Å². The normalized spacial score (nSPS) is 15.9. The average molecular weight is 264 g/mol. The van der Waals surface area contributed by atoms with E-state index in [0.29, 0.717) is 5.56 Å². The molecule has 2 rings (SSSR count). The van der Waals surface area contributed by atoms with Gasteiger partial charge in [0, 0.05) is 0 Å². The summed E-state index contributed by atoms with van der Waals surface area (Å²) in [6, 6.07) is 3.72. The molecule has 0 unspecified atom stereocenters. The van der Waals surface area contributed by atoms with Crippen molar-refractivity contribution in [2.24, 2.45) is 5.92 Å². The van der Waals surface area contributed by atoms with Crippen molar-refractivity contribution in [2.75, 3.05) is 7.11 Å². The van der Waals surface area contributed by atoms with Gasteiger partial charge in [-0.3, -0.25) is 20.2 Å². The van der Waals surface area contributed by atoms with Gasteiger partial charge in [-0.2, -0.15) is 0 Å². The maximum Gasteiger partial charge on any atom is 0.328 e. The zero-order valence-corrected chi connectivity index (χ0v) is 10.1. The Morgan fingerprint density at radius 3 is 2.42 bits per heavy atom. The molecule has 100 valence electrons. The first-order valence-electron chi connectivity index (χ1n) is 5.53. The van der Waals surface area contributed by atoms with Gasteiger partial charge in [0.2, 0.25) is 11.8 Å². The van der Waals surface area contributed by atoms with Crippen LogP contribution in [-0.4, -0.2) is 30.1 Å². The number of hydrogen-bond acceptors (Lipinski definition) is 5. The molecule has 0 saturated carbocycles. The van der Waals surface area contributed by atoms with Gasteiger partial charge < -0.3 is 9.84 Å². The molecule has 1 fully saturated rings. The molecule has 0 atom stereocenters. The third-order valence-electron chi connectivity index (χ3n) is 2.79. The second-order valence-corrected chi connectivity index (χ2v) is 4.07. The van der Waals surface area contributed by atoms with E-state index in [4.69, 9.17) is 4.74 Å². The minimum atomic E-state index is -0.980. The van der Waals surface area contributed by atoms with Crippen molar-refractivity contribution in [3.05, 3.63) is 23.8 Å². The number of hydrogen-bond donors (Lipinski definition) is 3. The minimum absolute atomic E-state index is 0.0287. The van der Waals surface area contributed by atoms with Crippen LogP contribution < -0.4 is 15.4 Å². The number of aromatic hydroxyl groups is 1. The maximum atomic E-state index is 11.6. The van der Waals surface area contributed by atoms with E-state index in [0.717, 1.165) is 0 Å². The number of urea groups is 1. The average Bonchev–Trinajstić information content (AvgIpc) is 2.35. The van der Waals surface area contributed by atoms with Gasteiger partial charge in [-0.05, 0) is 24.1 Å². The van der Waals surface area contributed by atoms with Crippen molar-refractivity contribution in [1.29, 1.82) is 0 Å². The number of carbonyl (C=O) groups is 3. The van der Waals surface area contributed by atoms with Crippen LogP contribution >= 0.6 is 0 Å². The summed E-state index contributed by atoms with van der Waals surface area (Å²) in [5.41, 5.74) is 0.638. The van der Waals surface area contributed by atoms with Gasteiger partial charge >= 0.3 is 6.03 Å². The summed E-state index contributed by atoms with van der Waals surface area (Å²) in [6.45, 7) is 0. The van der Waals surface area contributed by atoms with Crippen molar-refractivity contribution in [3.63, 3.8) is 0 Å². The number of methoxy groups -OCH3 is 1. The highest BCUT2D eigenvalue weighted by atomic mass is 16.5. The van der Waals surface area contributed by atoms with Gasteiger partial charge in [0.1, 0.15) is 5.92 Å². The van der Waals surface area contributed by atoms with Crippen molar-refractivity contribution < 1.29 is 24.2 Å². The molecule has 0 bridgehead atoms. The molecule has 0 radical (unpaired) electrons. The number of phenols is 1. The topological polar surface area (TPSA) is 105 Å². The minimum Gasteiger partial charge on any atom is -0.504 e. The first-order chi connectivity index (χ1) is 9.01. The van der Waals surface area contributed by atoms with E-state index in [-0.39, 0.29) is 17.9 Å². The molecule has 1 aliphatic heterocycles. The van der Waals surface area contributed by atoms with Crippen LogP contribution in [0, 0.1) is 5.92 Å². The third-order valence-corrected chi connectivity index (χ3v) is 2.79. The molecule has 1 aliphatic rings. The SMILES string of the molecule is COc1cc(CC2C(=O)NC(=O)NC2=O)ccc1O. The monoisotopic (exact) mass is 264 g/mol. The highest BCUT2D eigenvalue weighted by molar-refractivity contribution is 6.16. The van der Waals surface area contributed by atoms with E-state index < -0.39 is 23.8 Å². The van der Waals surface area contributed by atoms with Gasteiger partial charge in [0.15, 0.2) is 11.5 Å². The van der Waals surface area contributed by atoms with Gasteiger partial charge in [-0.15, -0.1) is 0 Å².